The van der Waals surface area contributed by atoms with Crippen molar-refractivity contribution >= 4 is 27.7 Å². The second kappa shape index (κ2) is 6.62. The standard InChI is InChI=1S/C8H12BrF2N5O/c9-5-3-13-8(15-12)14-7(5)16(1-2-17)4-6(10)11/h3,6,17H,1-2,4,12H2,(H,13,14,15). The molecule has 0 aliphatic carbocycles. The number of hydrogen-bond acceptors (Lipinski definition) is 6. The lowest BCUT2D eigenvalue weighted by Gasteiger charge is -2.23. The van der Waals surface area contributed by atoms with Gasteiger partial charge in [0.2, 0.25) is 5.95 Å². The predicted molar refractivity (Wildman–Crippen MR) is 62.8 cm³/mol. The van der Waals surface area contributed by atoms with E-state index >= 15 is 0 Å². The van der Waals surface area contributed by atoms with E-state index in [1.54, 1.807) is 0 Å². The van der Waals surface area contributed by atoms with E-state index in [0.29, 0.717) is 4.47 Å². The van der Waals surface area contributed by atoms with Crippen molar-refractivity contribution in [3.63, 3.8) is 0 Å². The van der Waals surface area contributed by atoms with Gasteiger partial charge in [0.15, 0.2) is 0 Å². The van der Waals surface area contributed by atoms with Gasteiger partial charge in [0.25, 0.3) is 6.43 Å². The minimum atomic E-state index is -2.53. The quantitative estimate of drug-likeness (QED) is 0.526. The maximum absolute atomic E-state index is 12.4. The SMILES string of the molecule is NNc1ncc(Br)c(N(CCO)CC(F)F)n1. The van der Waals surface area contributed by atoms with E-state index in [9.17, 15) is 8.78 Å². The highest BCUT2D eigenvalue weighted by Crippen LogP contribution is 2.24. The number of aliphatic hydroxyl groups is 1. The zero-order chi connectivity index (χ0) is 12.8. The highest BCUT2D eigenvalue weighted by Gasteiger charge is 2.17. The third-order valence-electron chi connectivity index (χ3n) is 1.88. The summed E-state index contributed by atoms with van der Waals surface area (Å²) in [4.78, 5) is 9.01. The third kappa shape index (κ3) is 4.02. The fourth-order valence-electron chi connectivity index (χ4n) is 1.22. The van der Waals surface area contributed by atoms with E-state index in [2.05, 4.69) is 31.3 Å². The Kier molecular flexibility index (Phi) is 5.45. The molecule has 0 atom stereocenters. The molecule has 1 aromatic rings. The van der Waals surface area contributed by atoms with Gasteiger partial charge in [-0.2, -0.15) is 4.98 Å². The minimum Gasteiger partial charge on any atom is -0.395 e. The van der Waals surface area contributed by atoms with Crippen LogP contribution in [0.5, 0.6) is 0 Å². The lowest BCUT2D eigenvalue weighted by atomic mass is 10.4. The van der Waals surface area contributed by atoms with Gasteiger partial charge in [-0.05, 0) is 15.9 Å². The van der Waals surface area contributed by atoms with E-state index in [1.807, 2.05) is 0 Å². The first-order valence-corrected chi connectivity index (χ1v) is 5.51. The first-order chi connectivity index (χ1) is 8.08. The molecule has 0 aliphatic heterocycles. The Bertz CT molecular complexity index is 368. The number of hydrogen-bond donors (Lipinski definition) is 3. The van der Waals surface area contributed by atoms with E-state index < -0.39 is 13.0 Å². The Labute approximate surface area is 105 Å². The summed E-state index contributed by atoms with van der Waals surface area (Å²) in [5.41, 5.74) is 2.23. The number of anilines is 2. The van der Waals surface area contributed by atoms with Gasteiger partial charge in [-0.15, -0.1) is 0 Å². The molecule has 4 N–H and O–H groups in total. The predicted octanol–water partition coefficient (Wildman–Crippen LogP) is 0.588. The lowest BCUT2D eigenvalue weighted by Crippen LogP contribution is -2.33. The fraction of sp³-hybridized carbons (Fsp3) is 0.500. The van der Waals surface area contributed by atoms with Crippen LogP contribution < -0.4 is 16.2 Å². The summed E-state index contributed by atoms with van der Waals surface area (Å²) in [6, 6.07) is 0. The molecule has 0 saturated heterocycles. The van der Waals surface area contributed by atoms with Crippen molar-refractivity contribution in [2.24, 2.45) is 5.84 Å². The van der Waals surface area contributed by atoms with Gasteiger partial charge in [-0.1, -0.05) is 0 Å². The molecule has 0 unspecified atom stereocenters. The second-order valence-corrected chi connectivity index (χ2v) is 3.92. The van der Waals surface area contributed by atoms with Crippen LogP contribution in [0.25, 0.3) is 0 Å². The molecule has 0 spiro atoms. The van der Waals surface area contributed by atoms with Crippen LogP contribution in [0.15, 0.2) is 10.7 Å². The molecule has 0 amide bonds. The van der Waals surface area contributed by atoms with E-state index in [4.69, 9.17) is 10.9 Å². The third-order valence-corrected chi connectivity index (χ3v) is 2.44. The van der Waals surface area contributed by atoms with Gasteiger partial charge >= 0.3 is 0 Å². The second-order valence-electron chi connectivity index (χ2n) is 3.07. The Morgan fingerprint density at radius 3 is 2.82 bits per heavy atom. The van der Waals surface area contributed by atoms with Crippen molar-refractivity contribution in [1.29, 1.82) is 0 Å². The number of nitrogens with one attached hydrogen (secondary N) is 1. The van der Waals surface area contributed by atoms with Gasteiger partial charge in [-0.3, -0.25) is 5.43 Å². The summed E-state index contributed by atoms with van der Waals surface area (Å²) in [5, 5.41) is 8.84. The van der Waals surface area contributed by atoms with Gasteiger partial charge in [0.05, 0.1) is 17.6 Å². The number of hydrazine groups is 1. The van der Waals surface area contributed by atoms with Crippen LogP contribution in [-0.4, -0.2) is 41.2 Å². The molecule has 96 valence electrons. The molecular weight excluding hydrogens is 300 g/mol. The van der Waals surface area contributed by atoms with Crippen LogP contribution in [0.3, 0.4) is 0 Å². The largest absolute Gasteiger partial charge is 0.395 e. The van der Waals surface area contributed by atoms with Crippen LogP contribution in [-0.2, 0) is 0 Å². The highest BCUT2D eigenvalue weighted by molar-refractivity contribution is 9.10. The summed E-state index contributed by atoms with van der Waals surface area (Å²) < 4.78 is 25.2. The number of nitrogens with zero attached hydrogens (tertiary/aromatic N) is 3. The van der Waals surface area contributed by atoms with Crippen molar-refractivity contribution < 1.29 is 13.9 Å². The van der Waals surface area contributed by atoms with Crippen molar-refractivity contribution in [3.05, 3.63) is 10.7 Å². The monoisotopic (exact) mass is 311 g/mol. The Balaban J connectivity index is 2.98. The molecule has 0 bridgehead atoms. The average Bonchev–Trinajstić information content (AvgIpc) is 2.28. The summed E-state index contributed by atoms with van der Waals surface area (Å²) in [6.45, 7) is -0.737. The number of nitrogen functional groups attached to an aromatic ring is 1. The number of aliphatic hydroxyl groups excluding tert-OH is 1. The molecular formula is C8H12BrF2N5O. The Hall–Kier alpha value is -1.06. The molecule has 1 heterocycles. The van der Waals surface area contributed by atoms with Crippen molar-refractivity contribution in [2.45, 2.75) is 6.43 Å². The molecule has 17 heavy (non-hydrogen) atoms. The number of rotatable bonds is 6. The maximum Gasteiger partial charge on any atom is 0.255 e. The average molecular weight is 312 g/mol. The zero-order valence-electron chi connectivity index (χ0n) is 8.78. The van der Waals surface area contributed by atoms with Gasteiger partial charge < -0.3 is 10.0 Å². The van der Waals surface area contributed by atoms with E-state index in [1.165, 1.54) is 11.1 Å². The molecule has 0 aromatic carbocycles. The van der Waals surface area contributed by atoms with Crippen molar-refractivity contribution in [1.82, 2.24) is 9.97 Å². The lowest BCUT2D eigenvalue weighted by molar-refractivity contribution is 0.152. The van der Waals surface area contributed by atoms with E-state index in [-0.39, 0.29) is 24.9 Å². The molecule has 0 radical (unpaired) electrons. The number of aromatic nitrogens is 2. The summed E-state index contributed by atoms with van der Waals surface area (Å²) in [5.74, 6) is 5.50. The van der Waals surface area contributed by atoms with Crippen molar-refractivity contribution in [3.8, 4) is 0 Å². The molecule has 9 heteroatoms. The first kappa shape index (κ1) is 14.0. The first-order valence-electron chi connectivity index (χ1n) is 4.71. The van der Waals surface area contributed by atoms with Crippen LogP contribution >= 0.6 is 15.9 Å². The molecule has 0 aliphatic rings. The van der Waals surface area contributed by atoms with Crippen LogP contribution in [0.2, 0.25) is 0 Å². The van der Waals surface area contributed by atoms with Gasteiger partial charge in [0, 0.05) is 12.7 Å². The fourth-order valence-corrected chi connectivity index (χ4v) is 1.66. The maximum atomic E-state index is 12.4. The molecule has 0 saturated carbocycles. The minimum absolute atomic E-state index is 0.0456. The van der Waals surface area contributed by atoms with Crippen LogP contribution in [0, 0.1) is 0 Å². The Morgan fingerprint density at radius 1 is 1.59 bits per heavy atom. The molecule has 1 rings (SSSR count). The molecule has 1 aromatic heterocycles. The smallest absolute Gasteiger partial charge is 0.255 e. The van der Waals surface area contributed by atoms with Gasteiger partial charge in [-0.25, -0.2) is 19.6 Å². The van der Waals surface area contributed by atoms with Crippen LogP contribution in [0.1, 0.15) is 0 Å². The molecule has 6 nitrogen and oxygen atoms in total. The van der Waals surface area contributed by atoms with Gasteiger partial charge in [0.1, 0.15) is 5.82 Å². The Morgan fingerprint density at radius 2 is 2.29 bits per heavy atom. The normalized spacial score (nSPS) is 10.7. The number of nitrogens with two attached hydrogens (primary N) is 1. The summed E-state index contributed by atoms with van der Waals surface area (Å²) in [6.07, 6.45) is -1.13. The topological polar surface area (TPSA) is 87.3 Å². The van der Waals surface area contributed by atoms with Crippen LogP contribution in [0.4, 0.5) is 20.5 Å². The van der Waals surface area contributed by atoms with E-state index in [0.717, 1.165) is 0 Å². The summed E-state index contributed by atoms with van der Waals surface area (Å²) >= 11 is 3.16. The number of alkyl halides is 2. The zero-order valence-corrected chi connectivity index (χ0v) is 10.4. The highest BCUT2D eigenvalue weighted by atomic mass is 79.9. The number of halogens is 3. The van der Waals surface area contributed by atoms with Crippen molar-refractivity contribution in [2.75, 3.05) is 30.0 Å². The molecule has 0 fully saturated rings. The summed E-state index contributed by atoms with van der Waals surface area (Å²) in [7, 11) is 0.